The first-order valence-corrected chi connectivity index (χ1v) is 9.09. The van der Waals surface area contributed by atoms with E-state index in [2.05, 4.69) is 34.6 Å². The molecule has 3 heterocycles. The molecular weight excluding hydrogens is 326 g/mol. The number of ether oxygens (including phenoxy) is 1. The van der Waals surface area contributed by atoms with Crippen LogP contribution in [0.4, 0.5) is 0 Å². The number of thioether (sulfide) groups is 1. The molecule has 23 heavy (non-hydrogen) atoms. The van der Waals surface area contributed by atoms with E-state index in [1.807, 2.05) is 23.7 Å². The molecule has 0 saturated carbocycles. The molecule has 1 aromatic carbocycles. The van der Waals surface area contributed by atoms with Crippen LogP contribution in [0.2, 0.25) is 0 Å². The van der Waals surface area contributed by atoms with Crippen LogP contribution in [-0.4, -0.2) is 21.5 Å². The third kappa shape index (κ3) is 2.80. The second-order valence-corrected chi connectivity index (χ2v) is 7.14. The smallest absolute Gasteiger partial charge is 0.193 e. The summed E-state index contributed by atoms with van der Waals surface area (Å²) in [4.78, 5) is 10.4. The van der Waals surface area contributed by atoms with E-state index in [0.29, 0.717) is 0 Å². The normalized spacial score (nSPS) is 11.4. The molecule has 0 fully saturated rings. The van der Waals surface area contributed by atoms with E-state index in [4.69, 9.17) is 9.72 Å². The van der Waals surface area contributed by atoms with Gasteiger partial charge in [-0.25, -0.2) is 9.97 Å². The number of imidazole rings is 1. The standard InChI is InChI=1S/C17H15N3OS2/c1-11-7-16(19-15-8-13(21-2)3-4-14(11)15)23-10-12-9-20-5-6-22-17(20)18-12/h3-9H,10H2,1-2H3. The molecular formula is C17H15N3OS2. The van der Waals surface area contributed by atoms with E-state index < -0.39 is 0 Å². The highest BCUT2D eigenvalue weighted by atomic mass is 32.2. The van der Waals surface area contributed by atoms with Crippen molar-refractivity contribution in [2.45, 2.75) is 17.7 Å². The van der Waals surface area contributed by atoms with Crippen molar-refractivity contribution in [2.75, 3.05) is 7.11 Å². The van der Waals surface area contributed by atoms with Gasteiger partial charge in [0.2, 0.25) is 0 Å². The van der Waals surface area contributed by atoms with E-state index in [1.165, 1.54) is 5.56 Å². The van der Waals surface area contributed by atoms with E-state index in [0.717, 1.165) is 38.1 Å². The van der Waals surface area contributed by atoms with Gasteiger partial charge in [-0.1, -0.05) is 11.8 Å². The fourth-order valence-electron chi connectivity index (χ4n) is 2.55. The van der Waals surface area contributed by atoms with Crippen molar-refractivity contribution >= 4 is 39.0 Å². The highest BCUT2D eigenvalue weighted by Crippen LogP contribution is 2.28. The zero-order chi connectivity index (χ0) is 15.8. The highest BCUT2D eigenvalue weighted by molar-refractivity contribution is 7.98. The number of thiazole rings is 1. The lowest BCUT2D eigenvalue weighted by Crippen LogP contribution is -1.90. The van der Waals surface area contributed by atoms with Crippen LogP contribution in [0.3, 0.4) is 0 Å². The molecule has 0 spiro atoms. The molecule has 0 unspecified atom stereocenters. The number of benzene rings is 1. The maximum Gasteiger partial charge on any atom is 0.193 e. The van der Waals surface area contributed by atoms with Gasteiger partial charge in [-0.3, -0.25) is 4.40 Å². The third-order valence-corrected chi connectivity index (χ3v) is 5.43. The molecule has 0 saturated heterocycles. The number of aryl methyl sites for hydroxylation is 1. The predicted molar refractivity (Wildman–Crippen MR) is 95.7 cm³/mol. The minimum atomic E-state index is 0.816. The zero-order valence-corrected chi connectivity index (χ0v) is 14.4. The number of hydrogen-bond acceptors (Lipinski definition) is 5. The summed E-state index contributed by atoms with van der Waals surface area (Å²) in [7, 11) is 1.68. The maximum absolute atomic E-state index is 5.30. The lowest BCUT2D eigenvalue weighted by molar-refractivity contribution is 0.415. The second-order valence-electron chi connectivity index (χ2n) is 5.27. The molecule has 4 nitrogen and oxygen atoms in total. The summed E-state index contributed by atoms with van der Waals surface area (Å²) < 4.78 is 7.36. The fourth-order valence-corrected chi connectivity index (χ4v) is 4.12. The summed E-state index contributed by atoms with van der Waals surface area (Å²) in [5, 5.41) is 4.22. The summed E-state index contributed by atoms with van der Waals surface area (Å²) in [5.74, 6) is 1.65. The van der Waals surface area contributed by atoms with Gasteiger partial charge in [0.25, 0.3) is 0 Å². The molecule has 0 aliphatic rings. The molecule has 0 aliphatic heterocycles. The number of methoxy groups -OCH3 is 1. The van der Waals surface area contributed by atoms with Crippen LogP contribution in [0.15, 0.2) is 47.1 Å². The largest absolute Gasteiger partial charge is 0.497 e. The van der Waals surface area contributed by atoms with Crippen LogP contribution < -0.4 is 4.74 Å². The second kappa shape index (κ2) is 5.86. The number of fused-ring (bicyclic) bond motifs is 2. The number of rotatable bonds is 4. The first-order valence-electron chi connectivity index (χ1n) is 7.22. The Morgan fingerprint density at radius 3 is 3.00 bits per heavy atom. The molecule has 0 N–H and O–H groups in total. The third-order valence-electron chi connectivity index (χ3n) is 3.71. The predicted octanol–water partition coefficient (Wildman–Crippen LogP) is 4.55. The molecule has 4 rings (SSSR count). The summed E-state index contributed by atoms with van der Waals surface area (Å²) in [6.45, 7) is 2.12. The van der Waals surface area contributed by atoms with Gasteiger partial charge >= 0.3 is 0 Å². The van der Waals surface area contributed by atoms with Crippen LogP contribution in [0, 0.1) is 6.92 Å². The quantitative estimate of drug-likeness (QED) is 0.510. The number of aromatic nitrogens is 3. The summed E-state index contributed by atoms with van der Waals surface area (Å²) >= 11 is 3.36. The van der Waals surface area contributed by atoms with Gasteiger partial charge in [0.1, 0.15) is 5.75 Å². The molecule has 0 atom stereocenters. The number of pyridine rings is 1. The first kappa shape index (κ1) is 14.5. The van der Waals surface area contributed by atoms with E-state index >= 15 is 0 Å². The Hall–Kier alpha value is -2.05. The van der Waals surface area contributed by atoms with Gasteiger partial charge in [-0.2, -0.15) is 0 Å². The minimum Gasteiger partial charge on any atom is -0.497 e. The Kier molecular flexibility index (Phi) is 3.71. The zero-order valence-electron chi connectivity index (χ0n) is 12.8. The first-order chi connectivity index (χ1) is 11.2. The molecule has 6 heteroatoms. The Balaban J connectivity index is 1.61. The summed E-state index contributed by atoms with van der Waals surface area (Å²) in [6, 6.07) is 8.16. The van der Waals surface area contributed by atoms with Crippen LogP contribution >= 0.6 is 23.1 Å². The molecule has 0 amide bonds. The van der Waals surface area contributed by atoms with Gasteiger partial charge in [0.15, 0.2) is 4.96 Å². The van der Waals surface area contributed by atoms with Gasteiger partial charge in [-0.05, 0) is 30.7 Å². The Bertz CT molecular complexity index is 962. The van der Waals surface area contributed by atoms with E-state index in [-0.39, 0.29) is 0 Å². The molecule has 116 valence electrons. The van der Waals surface area contributed by atoms with Gasteiger partial charge in [0.05, 0.1) is 23.3 Å². The lowest BCUT2D eigenvalue weighted by atomic mass is 10.1. The van der Waals surface area contributed by atoms with Gasteiger partial charge < -0.3 is 4.74 Å². The maximum atomic E-state index is 5.30. The molecule has 0 radical (unpaired) electrons. The average molecular weight is 341 g/mol. The van der Waals surface area contributed by atoms with Crippen LogP contribution in [-0.2, 0) is 5.75 Å². The monoisotopic (exact) mass is 341 g/mol. The Morgan fingerprint density at radius 1 is 1.26 bits per heavy atom. The van der Waals surface area contributed by atoms with Crippen molar-refractivity contribution in [1.82, 2.24) is 14.4 Å². The van der Waals surface area contributed by atoms with Crippen LogP contribution in [0.25, 0.3) is 15.9 Å². The topological polar surface area (TPSA) is 39.4 Å². The summed E-state index contributed by atoms with van der Waals surface area (Å²) in [5.41, 5.74) is 3.27. The van der Waals surface area contributed by atoms with Crippen LogP contribution in [0.5, 0.6) is 5.75 Å². The SMILES string of the molecule is COc1ccc2c(C)cc(SCc3cn4ccsc4n3)nc2c1. The lowest BCUT2D eigenvalue weighted by Gasteiger charge is -2.07. The Morgan fingerprint density at radius 2 is 2.17 bits per heavy atom. The van der Waals surface area contributed by atoms with Crippen molar-refractivity contribution in [3.8, 4) is 5.75 Å². The van der Waals surface area contributed by atoms with Crippen molar-refractivity contribution in [3.63, 3.8) is 0 Å². The van der Waals surface area contributed by atoms with E-state index in [9.17, 15) is 0 Å². The van der Waals surface area contributed by atoms with Crippen molar-refractivity contribution in [1.29, 1.82) is 0 Å². The van der Waals surface area contributed by atoms with Gasteiger partial charge in [-0.15, -0.1) is 11.3 Å². The highest BCUT2D eigenvalue weighted by Gasteiger charge is 2.07. The van der Waals surface area contributed by atoms with Crippen molar-refractivity contribution in [2.24, 2.45) is 0 Å². The van der Waals surface area contributed by atoms with Gasteiger partial charge in [0, 0.05) is 35.0 Å². The van der Waals surface area contributed by atoms with Crippen molar-refractivity contribution in [3.05, 3.63) is 53.3 Å². The van der Waals surface area contributed by atoms with Crippen molar-refractivity contribution < 1.29 is 4.74 Å². The van der Waals surface area contributed by atoms with Crippen LogP contribution in [0.1, 0.15) is 11.3 Å². The molecule has 0 bridgehead atoms. The average Bonchev–Trinajstić information content (AvgIpc) is 3.13. The number of hydrogen-bond donors (Lipinski definition) is 0. The fraction of sp³-hybridized carbons (Fsp3) is 0.176. The number of nitrogens with zero attached hydrogens (tertiary/aromatic N) is 3. The Labute approximate surface area is 142 Å². The van der Waals surface area contributed by atoms with E-state index in [1.54, 1.807) is 30.2 Å². The summed E-state index contributed by atoms with van der Waals surface area (Å²) in [6.07, 6.45) is 4.11. The molecule has 3 aromatic heterocycles. The molecule has 4 aromatic rings. The minimum absolute atomic E-state index is 0.816. The molecule has 0 aliphatic carbocycles.